The van der Waals surface area contributed by atoms with Crippen LogP contribution in [-0.4, -0.2) is 25.4 Å². The number of benzene rings is 2. The standard InChI is InChI=1S/C17H21NOS/c1-3-7-16(8-4-1)15-20-14-12-18-11-13-19-17-9-5-2-6-10-17/h1-10,18H,11-15H2. The molecular formula is C17H21NOS. The maximum atomic E-state index is 5.61. The molecule has 0 radical (unpaired) electrons. The highest BCUT2D eigenvalue weighted by molar-refractivity contribution is 7.98. The quantitative estimate of drug-likeness (QED) is 0.712. The molecular weight excluding hydrogens is 266 g/mol. The highest BCUT2D eigenvalue weighted by atomic mass is 32.2. The van der Waals surface area contributed by atoms with Gasteiger partial charge in [0, 0.05) is 24.6 Å². The Morgan fingerprint density at radius 2 is 1.55 bits per heavy atom. The zero-order valence-corrected chi connectivity index (χ0v) is 12.4. The molecule has 2 rings (SSSR count). The third kappa shape index (κ3) is 6.13. The Morgan fingerprint density at radius 3 is 2.30 bits per heavy atom. The molecule has 3 heteroatoms. The fourth-order valence-corrected chi connectivity index (χ4v) is 2.65. The Bertz CT molecular complexity index is 415. The van der Waals surface area contributed by atoms with Crippen LogP contribution in [0, 0.1) is 0 Å². The van der Waals surface area contributed by atoms with Gasteiger partial charge in [-0.05, 0) is 17.7 Å². The number of nitrogens with one attached hydrogen (secondary N) is 1. The highest BCUT2D eigenvalue weighted by Crippen LogP contribution is 2.10. The van der Waals surface area contributed by atoms with Crippen molar-refractivity contribution in [2.45, 2.75) is 5.75 Å². The van der Waals surface area contributed by atoms with Gasteiger partial charge in [-0.1, -0.05) is 48.5 Å². The first-order valence-electron chi connectivity index (χ1n) is 6.95. The first kappa shape index (κ1) is 14.9. The topological polar surface area (TPSA) is 21.3 Å². The molecule has 0 unspecified atom stereocenters. The molecule has 0 spiro atoms. The molecule has 0 saturated heterocycles. The monoisotopic (exact) mass is 287 g/mol. The lowest BCUT2D eigenvalue weighted by Crippen LogP contribution is -2.23. The molecule has 2 nitrogen and oxygen atoms in total. The molecule has 0 bridgehead atoms. The SMILES string of the molecule is c1ccc(CSCCNCCOc2ccccc2)cc1. The van der Waals surface area contributed by atoms with Crippen molar-refractivity contribution in [1.82, 2.24) is 5.32 Å². The van der Waals surface area contributed by atoms with Crippen molar-refractivity contribution in [2.24, 2.45) is 0 Å². The summed E-state index contributed by atoms with van der Waals surface area (Å²) in [6.45, 7) is 2.63. The number of ether oxygens (including phenoxy) is 1. The third-order valence-corrected chi connectivity index (χ3v) is 3.86. The van der Waals surface area contributed by atoms with E-state index in [1.54, 1.807) is 0 Å². The third-order valence-electron chi connectivity index (χ3n) is 2.83. The van der Waals surface area contributed by atoms with Crippen LogP contribution in [0.3, 0.4) is 0 Å². The summed E-state index contributed by atoms with van der Waals surface area (Å²) in [4.78, 5) is 0. The van der Waals surface area contributed by atoms with E-state index >= 15 is 0 Å². The molecule has 106 valence electrons. The molecule has 0 aliphatic rings. The molecule has 0 amide bonds. The predicted molar refractivity (Wildman–Crippen MR) is 87.4 cm³/mol. The normalized spacial score (nSPS) is 10.4. The van der Waals surface area contributed by atoms with E-state index in [-0.39, 0.29) is 0 Å². The molecule has 1 N–H and O–H groups in total. The summed E-state index contributed by atoms with van der Waals surface area (Å²) >= 11 is 1.96. The molecule has 0 aliphatic heterocycles. The Hall–Kier alpha value is -1.45. The first-order chi connectivity index (χ1) is 9.95. The zero-order valence-electron chi connectivity index (χ0n) is 11.6. The largest absolute Gasteiger partial charge is 0.492 e. The average Bonchev–Trinajstić information content (AvgIpc) is 2.52. The van der Waals surface area contributed by atoms with E-state index in [4.69, 9.17) is 4.74 Å². The summed E-state index contributed by atoms with van der Waals surface area (Å²) < 4.78 is 5.61. The van der Waals surface area contributed by atoms with Gasteiger partial charge >= 0.3 is 0 Å². The van der Waals surface area contributed by atoms with Crippen molar-refractivity contribution in [1.29, 1.82) is 0 Å². The van der Waals surface area contributed by atoms with Gasteiger partial charge in [0.1, 0.15) is 12.4 Å². The number of para-hydroxylation sites is 1. The Balaban J connectivity index is 1.44. The Morgan fingerprint density at radius 1 is 0.850 bits per heavy atom. The molecule has 0 saturated carbocycles. The second-order valence-corrected chi connectivity index (χ2v) is 5.55. The van der Waals surface area contributed by atoms with Crippen LogP contribution in [0.25, 0.3) is 0 Å². The number of hydrogen-bond donors (Lipinski definition) is 1. The second kappa shape index (κ2) is 9.45. The number of thioether (sulfide) groups is 1. The minimum Gasteiger partial charge on any atom is -0.492 e. The van der Waals surface area contributed by atoms with Crippen LogP contribution in [0.2, 0.25) is 0 Å². The summed E-state index contributed by atoms with van der Waals surface area (Å²) in [6.07, 6.45) is 0. The van der Waals surface area contributed by atoms with Crippen LogP contribution < -0.4 is 10.1 Å². The second-order valence-electron chi connectivity index (χ2n) is 4.45. The summed E-state index contributed by atoms with van der Waals surface area (Å²) in [5.41, 5.74) is 1.39. The Labute approximate surface area is 125 Å². The van der Waals surface area contributed by atoms with Crippen LogP contribution >= 0.6 is 11.8 Å². The van der Waals surface area contributed by atoms with Gasteiger partial charge in [0.05, 0.1) is 0 Å². The molecule has 20 heavy (non-hydrogen) atoms. The average molecular weight is 287 g/mol. The molecule has 0 aliphatic carbocycles. The fraction of sp³-hybridized carbons (Fsp3) is 0.294. The van der Waals surface area contributed by atoms with Crippen molar-refractivity contribution >= 4 is 11.8 Å². The van der Waals surface area contributed by atoms with Crippen LogP contribution in [-0.2, 0) is 5.75 Å². The summed E-state index contributed by atoms with van der Waals surface area (Å²) in [7, 11) is 0. The maximum absolute atomic E-state index is 5.61. The smallest absolute Gasteiger partial charge is 0.119 e. The first-order valence-corrected chi connectivity index (χ1v) is 8.11. The van der Waals surface area contributed by atoms with Gasteiger partial charge in [0.2, 0.25) is 0 Å². The van der Waals surface area contributed by atoms with Crippen molar-refractivity contribution in [3.8, 4) is 5.75 Å². The lowest BCUT2D eigenvalue weighted by molar-refractivity contribution is 0.315. The van der Waals surface area contributed by atoms with Gasteiger partial charge in [-0.15, -0.1) is 0 Å². The summed E-state index contributed by atoms with van der Waals surface area (Å²) in [5.74, 6) is 3.15. The van der Waals surface area contributed by atoms with E-state index in [1.807, 2.05) is 42.1 Å². The van der Waals surface area contributed by atoms with E-state index < -0.39 is 0 Å². The van der Waals surface area contributed by atoms with Gasteiger partial charge in [0.25, 0.3) is 0 Å². The van der Waals surface area contributed by atoms with E-state index in [9.17, 15) is 0 Å². The molecule has 2 aromatic rings. The van der Waals surface area contributed by atoms with Gasteiger partial charge in [-0.3, -0.25) is 0 Å². The van der Waals surface area contributed by atoms with Gasteiger partial charge in [-0.25, -0.2) is 0 Å². The number of hydrogen-bond acceptors (Lipinski definition) is 3. The fourth-order valence-electron chi connectivity index (χ4n) is 1.79. The zero-order chi connectivity index (χ0) is 13.9. The van der Waals surface area contributed by atoms with Crippen LogP contribution in [0.4, 0.5) is 0 Å². The van der Waals surface area contributed by atoms with Gasteiger partial charge < -0.3 is 10.1 Å². The number of rotatable bonds is 9. The van der Waals surface area contributed by atoms with E-state index in [0.29, 0.717) is 6.61 Å². The van der Waals surface area contributed by atoms with Gasteiger partial charge in [-0.2, -0.15) is 11.8 Å². The molecule has 0 fully saturated rings. The van der Waals surface area contributed by atoms with Crippen LogP contribution in [0.1, 0.15) is 5.56 Å². The minimum absolute atomic E-state index is 0.716. The van der Waals surface area contributed by atoms with Crippen LogP contribution in [0.5, 0.6) is 5.75 Å². The van der Waals surface area contributed by atoms with Crippen molar-refractivity contribution < 1.29 is 4.74 Å². The van der Waals surface area contributed by atoms with Crippen LogP contribution in [0.15, 0.2) is 60.7 Å². The predicted octanol–water partition coefficient (Wildman–Crippen LogP) is 3.59. The molecule has 0 aromatic heterocycles. The summed E-state index contributed by atoms with van der Waals surface area (Å²) in [5, 5.41) is 3.40. The minimum atomic E-state index is 0.716. The molecule has 0 atom stereocenters. The molecule has 2 aromatic carbocycles. The lowest BCUT2D eigenvalue weighted by atomic mass is 10.2. The lowest BCUT2D eigenvalue weighted by Gasteiger charge is -2.07. The van der Waals surface area contributed by atoms with Gasteiger partial charge in [0.15, 0.2) is 0 Å². The van der Waals surface area contributed by atoms with Crippen molar-refractivity contribution in [3.05, 3.63) is 66.2 Å². The summed E-state index contributed by atoms with van der Waals surface area (Å²) in [6, 6.07) is 20.5. The van der Waals surface area contributed by atoms with Crippen molar-refractivity contribution in [2.75, 3.05) is 25.4 Å². The van der Waals surface area contributed by atoms with E-state index in [0.717, 1.165) is 30.3 Å². The van der Waals surface area contributed by atoms with E-state index in [1.165, 1.54) is 5.56 Å². The maximum Gasteiger partial charge on any atom is 0.119 e. The Kier molecular flexibility index (Phi) is 7.07. The molecule has 0 heterocycles. The van der Waals surface area contributed by atoms with E-state index in [2.05, 4.69) is 35.6 Å². The van der Waals surface area contributed by atoms with Crippen molar-refractivity contribution in [3.63, 3.8) is 0 Å². The highest BCUT2D eigenvalue weighted by Gasteiger charge is 1.94.